The van der Waals surface area contributed by atoms with Crippen LogP contribution < -0.4 is 0 Å². The van der Waals surface area contributed by atoms with Gasteiger partial charge in [-0.05, 0) is 49.6 Å². The van der Waals surface area contributed by atoms with Crippen molar-refractivity contribution >= 4 is 29.1 Å². The van der Waals surface area contributed by atoms with E-state index >= 15 is 0 Å². The van der Waals surface area contributed by atoms with Crippen molar-refractivity contribution in [2.24, 2.45) is 7.05 Å². The standard InChI is InChI=1S/C17H18Cl2N2O/c1-11-5-8-16(20(11)2)17(22)21-9-3-4-15(21)12-6-7-13(18)14(19)10-12/h5-8,10,15H,3-4,9H2,1-2H3. The predicted octanol–water partition coefficient (Wildman–Crippen LogP) is 4.62. The Kier molecular flexibility index (Phi) is 4.20. The Balaban J connectivity index is 1.91. The molecule has 2 heterocycles. The van der Waals surface area contributed by atoms with Crippen LogP contribution in [0.4, 0.5) is 0 Å². The van der Waals surface area contributed by atoms with E-state index in [1.54, 1.807) is 6.07 Å². The Morgan fingerprint density at radius 2 is 1.95 bits per heavy atom. The topological polar surface area (TPSA) is 25.2 Å². The number of amides is 1. The summed E-state index contributed by atoms with van der Waals surface area (Å²) in [5.41, 5.74) is 2.85. The third kappa shape index (κ3) is 2.64. The Morgan fingerprint density at radius 1 is 1.18 bits per heavy atom. The zero-order valence-corrected chi connectivity index (χ0v) is 14.2. The molecule has 1 unspecified atom stereocenters. The maximum absolute atomic E-state index is 12.9. The average molecular weight is 337 g/mol. The van der Waals surface area contributed by atoms with E-state index in [9.17, 15) is 4.79 Å². The highest BCUT2D eigenvalue weighted by Gasteiger charge is 2.31. The van der Waals surface area contributed by atoms with E-state index in [4.69, 9.17) is 23.2 Å². The van der Waals surface area contributed by atoms with Gasteiger partial charge in [-0.25, -0.2) is 0 Å². The number of halogens is 2. The van der Waals surface area contributed by atoms with Crippen molar-refractivity contribution in [1.29, 1.82) is 0 Å². The summed E-state index contributed by atoms with van der Waals surface area (Å²) in [5.74, 6) is 0.0733. The molecule has 1 aliphatic heterocycles. The fourth-order valence-corrected chi connectivity index (χ4v) is 3.36. The van der Waals surface area contributed by atoms with Crippen molar-refractivity contribution in [3.05, 3.63) is 57.3 Å². The molecule has 116 valence electrons. The van der Waals surface area contributed by atoms with Crippen molar-refractivity contribution in [2.45, 2.75) is 25.8 Å². The fourth-order valence-electron chi connectivity index (χ4n) is 3.05. The van der Waals surface area contributed by atoms with E-state index in [-0.39, 0.29) is 11.9 Å². The van der Waals surface area contributed by atoms with E-state index in [0.717, 1.165) is 36.3 Å². The summed E-state index contributed by atoms with van der Waals surface area (Å²) in [4.78, 5) is 14.8. The lowest BCUT2D eigenvalue weighted by atomic mass is 10.0. The third-order valence-corrected chi connectivity index (χ3v) is 5.17. The van der Waals surface area contributed by atoms with E-state index < -0.39 is 0 Å². The summed E-state index contributed by atoms with van der Waals surface area (Å²) in [7, 11) is 1.92. The smallest absolute Gasteiger partial charge is 0.270 e. The molecule has 22 heavy (non-hydrogen) atoms. The molecule has 0 saturated carbocycles. The Hall–Kier alpha value is -1.45. The number of carbonyl (C=O) groups is 1. The molecule has 1 aromatic carbocycles. The second kappa shape index (κ2) is 5.98. The second-order valence-electron chi connectivity index (χ2n) is 5.75. The molecule has 1 fully saturated rings. The average Bonchev–Trinajstić information content (AvgIpc) is 3.10. The first kappa shape index (κ1) is 15.4. The van der Waals surface area contributed by atoms with Gasteiger partial charge in [0.1, 0.15) is 5.69 Å². The molecule has 0 spiro atoms. The highest BCUT2D eigenvalue weighted by Crippen LogP contribution is 2.35. The van der Waals surface area contributed by atoms with E-state index in [2.05, 4.69) is 0 Å². The Labute approximate surface area is 140 Å². The van der Waals surface area contributed by atoms with E-state index in [0.29, 0.717) is 10.0 Å². The molecule has 1 amide bonds. The number of likely N-dealkylation sites (tertiary alicyclic amines) is 1. The third-order valence-electron chi connectivity index (χ3n) is 4.43. The number of hydrogen-bond acceptors (Lipinski definition) is 1. The summed E-state index contributed by atoms with van der Waals surface area (Å²) in [6.07, 6.45) is 1.95. The molecular formula is C17H18Cl2N2O. The van der Waals surface area contributed by atoms with Crippen LogP contribution in [-0.4, -0.2) is 21.9 Å². The van der Waals surface area contributed by atoms with Crippen molar-refractivity contribution in [2.75, 3.05) is 6.54 Å². The largest absolute Gasteiger partial charge is 0.344 e. The first-order chi connectivity index (χ1) is 10.5. The summed E-state index contributed by atoms with van der Waals surface area (Å²) in [6, 6.07) is 9.56. The van der Waals surface area contributed by atoms with Gasteiger partial charge in [-0.2, -0.15) is 0 Å². The molecule has 1 aliphatic rings. The van der Waals surface area contributed by atoms with E-state index in [1.165, 1.54) is 0 Å². The molecule has 1 atom stereocenters. The van der Waals surface area contributed by atoms with Gasteiger partial charge in [-0.1, -0.05) is 29.3 Å². The monoisotopic (exact) mass is 336 g/mol. The number of nitrogens with zero attached hydrogens (tertiary/aromatic N) is 2. The summed E-state index contributed by atoms with van der Waals surface area (Å²) in [5, 5.41) is 1.08. The molecule has 0 aliphatic carbocycles. The van der Waals surface area contributed by atoms with Crippen molar-refractivity contribution < 1.29 is 4.79 Å². The minimum Gasteiger partial charge on any atom is -0.344 e. The molecule has 0 bridgehead atoms. The molecule has 1 saturated heterocycles. The molecule has 2 aromatic rings. The lowest BCUT2D eigenvalue weighted by Crippen LogP contribution is -2.32. The van der Waals surface area contributed by atoms with Gasteiger partial charge in [0.2, 0.25) is 0 Å². The Morgan fingerprint density at radius 3 is 2.59 bits per heavy atom. The highest BCUT2D eigenvalue weighted by molar-refractivity contribution is 6.42. The first-order valence-corrected chi connectivity index (χ1v) is 8.13. The van der Waals surface area contributed by atoms with Gasteiger partial charge in [-0.15, -0.1) is 0 Å². The number of benzene rings is 1. The van der Waals surface area contributed by atoms with Gasteiger partial charge in [0.15, 0.2) is 0 Å². The molecule has 1 aromatic heterocycles. The summed E-state index contributed by atoms with van der Waals surface area (Å²) in [6.45, 7) is 2.77. The quantitative estimate of drug-likeness (QED) is 0.785. The number of carbonyl (C=O) groups excluding carboxylic acids is 1. The minimum absolute atomic E-state index is 0.0671. The highest BCUT2D eigenvalue weighted by atomic mass is 35.5. The number of rotatable bonds is 2. The van der Waals surface area contributed by atoms with Crippen LogP contribution in [0.15, 0.2) is 30.3 Å². The predicted molar refractivity (Wildman–Crippen MR) is 89.6 cm³/mol. The van der Waals surface area contributed by atoms with Gasteiger partial charge >= 0.3 is 0 Å². The van der Waals surface area contributed by atoms with Crippen LogP contribution in [0, 0.1) is 6.92 Å². The van der Waals surface area contributed by atoms with Gasteiger partial charge < -0.3 is 9.47 Å². The normalized spacial score (nSPS) is 18.0. The minimum atomic E-state index is 0.0671. The number of aromatic nitrogens is 1. The zero-order valence-electron chi connectivity index (χ0n) is 12.6. The molecule has 5 heteroatoms. The number of aryl methyl sites for hydroxylation is 1. The van der Waals surface area contributed by atoms with Crippen molar-refractivity contribution in [1.82, 2.24) is 9.47 Å². The fraction of sp³-hybridized carbons (Fsp3) is 0.353. The Bertz CT molecular complexity index is 723. The van der Waals surface area contributed by atoms with Crippen LogP contribution in [0.25, 0.3) is 0 Å². The molecule has 3 rings (SSSR count). The van der Waals surface area contributed by atoms with Gasteiger partial charge in [0.05, 0.1) is 16.1 Å². The van der Waals surface area contributed by atoms with Crippen molar-refractivity contribution in [3.8, 4) is 0 Å². The molecule has 3 nitrogen and oxygen atoms in total. The maximum Gasteiger partial charge on any atom is 0.270 e. The summed E-state index contributed by atoms with van der Waals surface area (Å²) < 4.78 is 1.94. The zero-order chi connectivity index (χ0) is 15.9. The van der Waals surface area contributed by atoms with Crippen LogP contribution in [0.2, 0.25) is 10.0 Å². The first-order valence-electron chi connectivity index (χ1n) is 7.37. The van der Waals surface area contributed by atoms with Gasteiger partial charge in [0.25, 0.3) is 5.91 Å². The number of hydrogen-bond donors (Lipinski definition) is 0. The summed E-state index contributed by atoms with van der Waals surface area (Å²) >= 11 is 12.1. The second-order valence-corrected chi connectivity index (χ2v) is 6.56. The van der Waals surface area contributed by atoms with Gasteiger partial charge in [0, 0.05) is 19.3 Å². The van der Waals surface area contributed by atoms with Crippen LogP contribution >= 0.6 is 23.2 Å². The molecule has 0 N–H and O–H groups in total. The van der Waals surface area contributed by atoms with E-state index in [1.807, 2.05) is 47.7 Å². The van der Waals surface area contributed by atoms with Crippen LogP contribution in [0.1, 0.15) is 40.6 Å². The van der Waals surface area contributed by atoms with Crippen LogP contribution in [0.3, 0.4) is 0 Å². The SMILES string of the molecule is Cc1ccc(C(=O)N2CCCC2c2ccc(Cl)c(Cl)c2)n1C. The van der Waals surface area contributed by atoms with Crippen molar-refractivity contribution in [3.63, 3.8) is 0 Å². The maximum atomic E-state index is 12.9. The van der Waals surface area contributed by atoms with Gasteiger partial charge in [-0.3, -0.25) is 4.79 Å². The molecular weight excluding hydrogens is 319 g/mol. The van der Waals surface area contributed by atoms with Crippen LogP contribution in [0.5, 0.6) is 0 Å². The lowest BCUT2D eigenvalue weighted by molar-refractivity contribution is 0.0725. The lowest BCUT2D eigenvalue weighted by Gasteiger charge is -2.25. The molecule has 0 radical (unpaired) electrons. The van der Waals surface area contributed by atoms with Crippen LogP contribution in [-0.2, 0) is 7.05 Å².